The summed E-state index contributed by atoms with van der Waals surface area (Å²) in [7, 11) is 3.83. The molecule has 132 valence electrons. The first-order valence-corrected chi connectivity index (χ1v) is 8.14. The molecule has 8 nitrogen and oxygen atoms in total. The number of methoxy groups -OCH3 is 1. The lowest BCUT2D eigenvalue weighted by Crippen LogP contribution is -2.39. The molecule has 0 bridgehead atoms. The monoisotopic (exact) mass is 326 g/mol. The van der Waals surface area contributed by atoms with Crippen molar-refractivity contribution in [2.75, 3.05) is 53.5 Å². The maximum absolute atomic E-state index is 5.09. The first kappa shape index (κ1) is 19.4. The van der Waals surface area contributed by atoms with Gasteiger partial charge in [-0.2, -0.15) is 4.98 Å². The molecule has 0 amide bonds. The van der Waals surface area contributed by atoms with E-state index >= 15 is 0 Å². The van der Waals surface area contributed by atoms with Gasteiger partial charge in [-0.25, -0.2) is 0 Å². The zero-order chi connectivity index (χ0) is 16.9. The number of nitrogens with one attached hydrogen (secondary N) is 2. The van der Waals surface area contributed by atoms with Gasteiger partial charge in [0.25, 0.3) is 0 Å². The standard InChI is InChI=1S/C15H30N6O2/c1-5-16-15(17-8-7-14-19-13(2)20-23-14)18-9-11-21(3)10-6-12-22-4/h5-12H2,1-4H3,(H2,16,17,18). The summed E-state index contributed by atoms with van der Waals surface area (Å²) in [6.07, 6.45) is 1.72. The Labute approximate surface area is 138 Å². The molecule has 1 aromatic rings. The van der Waals surface area contributed by atoms with E-state index in [0.29, 0.717) is 24.7 Å². The smallest absolute Gasteiger partial charge is 0.228 e. The molecule has 0 fully saturated rings. The largest absolute Gasteiger partial charge is 0.385 e. The Morgan fingerprint density at radius 1 is 1.35 bits per heavy atom. The lowest BCUT2D eigenvalue weighted by atomic mass is 10.4. The summed E-state index contributed by atoms with van der Waals surface area (Å²) in [5, 5.41) is 10.3. The number of nitrogens with zero attached hydrogens (tertiary/aromatic N) is 4. The molecule has 2 N–H and O–H groups in total. The molecule has 0 spiro atoms. The number of hydrogen-bond acceptors (Lipinski definition) is 6. The van der Waals surface area contributed by atoms with E-state index in [1.54, 1.807) is 7.11 Å². The van der Waals surface area contributed by atoms with Gasteiger partial charge in [-0.05, 0) is 27.3 Å². The van der Waals surface area contributed by atoms with Crippen LogP contribution in [0.25, 0.3) is 0 Å². The lowest BCUT2D eigenvalue weighted by molar-refractivity contribution is 0.180. The number of rotatable bonds is 11. The summed E-state index contributed by atoms with van der Waals surface area (Å²) in [5.41, 5.74) is 0. The Kier molecular flexibility index (Phi) is 9.97. The molecule has 1 rings (SSSR count). The molecule has 8 heteroatoms. The predicted molar refractivity (Wildman–Crippen MR) is 90.7 cm³/mol. The van der Waals surface area contributed by atoms with Gasteiger partial charge >= 0.3 is 0 Å². The second-order valence-electron chi connectivity index (χ2n) is 5.32. The molecule has 1 aromatic heterocycles. The highest BCUT2D eigenvalue weighted by atomic mass is 16.5. The molecule has 0 radical (unpaired) electrons. The molecule has 0 atom stereocenters. The van der Waals surface area contributed by atoms with E-state index in [2.05, 4.69) is 44.6 Å². The van der Waals surface area contributed by atoms with Gasteiger partial charge in [0.2, 0.25) is 5.89 Å². The second kappa shape index (κ2) is 11.8. The number of guanidine groups is 1. The summed E-state index contributed by atoms with van der Waals surface area (Å²) >= 11 is 0. The Morgan fingerprint density at radius 2 is 2.17 bits per heavy atom. The minimum Gasteiger partial charge on any atom is -0.385 e. The van der Waals surface area contributed by atoms with Crippen LogP contribution in [0.15, 0.2) is 9.52 Å². The summed E-state index contributed by atoms with van der Waals surface area (Å²) < 4.78 is 10.1. The van der Waals surface area contributed by atoms with Crippen LogP contribution in [0.2, 0.25) is 0 Å². The summed E-state index contributed by atoms with van der Waals surface area (Å²) in [6.45, 7) is 8.88. The molecule has 0 aliphatic rings. The molecule has 23 heavy (non-hydrogen) atoms. The van der Waals surface area contributed by atoms with Crippen molar-refractivity contribution in [3.05, 3.63) is 11.7 Å². The molecule has 0 aromatic carbocycles. The quantitative estimate of drug-likeness (QED) is 0.347. The van der Waals surface area contributed by atoms with Crippen molar-refractivity contribution in [3.63, 3.8) is 0 Å². The van der Waals surface area contributed by atoms with Crippen LogP contribution in [0.5, 0.6) is 0 Å². The minimum atomic E-state index is 0.642. The predicted octanol–water partition coefficient (Wildman–Crippen LogP) is 0.444. The normalized spacial score (nSPS) is 12.0. The highest BCUT2D eigenvalue weighted by molar-refractivity contribution is 5.79. The summed E-state index contributed by atoms with van der Waals surface area (Å²) in [4.78, 5) is 11.0. The topological polar surface area (TPSA) is 87.8 Å². The fraction of sp³-hybridized carbons (Fsp3) is 0.800. The molecule has 1 heterocycles. The number of aromatic nitrogens is 2. The summed E-state index contributed by atoms with van der Waals surface area (Å²) in [5.74, 6) is 2.12. The van der Waals surface area contributed by atoms with Crippen molar-refractivity contribution in [2.24, 2.45) is 4.99 Å². The van der Waals surface area contributed by atoms with Crippen LogP contribution in [-0.4, -0.2) is 74.5 Å². The summed E-state index contributed by atoms with van der Waals surface area (Å²) in [6, 6.07) is 0. The lowest BCUT2D eigenvalue weighted by Gasteiger charge is -2.15. The van der Waals surface area contributed by atoms with E-state index in [4.69, 9.17) is 9.26 Å². The average Bonchev–Trinajstić information content (AvgIpc) is 2.93. The van der Waals surface area contributed by atoms with Gasteiger partial charge < -0.3 is 24.8 Å². The van der Waals surface area contributed by atoms with Gasteiger partial charge in [-0.1, -0.05) is 5.16 Å². The Hall–Kier alpha value is -1.67. The highest BCUT2D eigenvalue weighted by Crippen LogP contribution is 1.95. The van der Waals surface area contributed by atoms with Gasteiger partial charge in [0.05, 0.1) is 6.54 Å². The molecule has 0 unspecified atom stereocenters. The van der Waals surface area contributed by atoms with Gasteiger partial charge in [-0.3, -0.25) is 4.99 Å². The van der Waals surface area contributed by atoms with Crippen LogP contribution in [-0.2, 0) is 11.2 Å². The van der Waals surface area contributed by atoms with E-state index < -0.39 is 0 Å². The maximum Gasteiger partial charge on any atom is 0.228 e. The molecule has 0 aliphatic carbocycles. The number of ether oxygens (including phenoxy) is 1. The third-order valence-corrected chi connectivity index (χ3v) is 3.19. The highest BCUT2D eigenvalue weighted by Gasteiger charge is 2.03. The van der Waals surface area contributed by atoms with E-state index in [1.807, 2.05) is 6.92 Å². The molecule has 0 aliphatic heterocycles. The zero-order valence-electron chi connectivity index (χ0n) is 14.8. The first-order valence-electron chi connectivity index (χ1n) is 8.14. The van der Waals surface area contributed by atoms with Crippen LogP contribution < -0.4 is 10.6 Å². The van der Waals surface area contributed by atoms with Gasteiger partial charge in [0.1, 0.15) is 0 Å². The fourth-order valence-corrected chi connectivity index (χ4v) is 1.99. The number of aryl methyl sites for hydroxylation is 1. The van der Waals surface area contributed by atoms with Crippen molar-refractivity contribution in [2.45, 2.75) is 26.7 Å². The van der Waals surface area contributed by atoms with Crippen LogP contribution >= 0.6 is 0 Å². The first-order chi connectivity index (χ1) is 11.2. The van der Waals surface area contributed by atoms with Crippen molar-refractivity contribution < 1.29 is 9.26 Å². The van der Waals surface area contributed by atoms with Crippen molar-refractivity contribution >= 4 is 5.96 Å². The Balaban J connectivity index is 2.26. The fourth-order valence-electron chi connectivity index (χ4n) is 1.99. The van der Waals surface area contributed by atoms with Gasteiger partial charge in [-0.15, -0.1) is 0 Å². The van der Waals surface area contributed by atoms with E-state index in [1.165, 1.54) is 0 Å². The zero-order valence-corrected chi connectivity index (χ0v) is 14.8. The molecule has 0 saturated carbocycles. The van der Waals surface area contributed by atoms with Crippen LogP contribution in [0, 0.1) is 6.92 Å². The van der Waals surface area contributed by atoms with Gasteiger partial charge in [0.15, 0.2) is 11.8 Å². The van der Waals surface area contributed by atoms with E-state index in [9.17, 15) is 0 Å². The maximum atomic E-state index is 5.09. The molecule has 0 saturated heterocycles. The number of likely N-dealkylation sites (N-methyl/N-ethyl adjacent to an activating group) is 1. The molecular weight excluding hydrogens is 296 g/mol. The van der Waals surface area contributed by atoms with E-state index in [0.717, 1.165) is 45.2 Å². The Bertz CT molecular complexity index is 449. The van der Waals surface area contributed by atoms with Crippen LogP contribution in [0.4, 0.5) is 0 Å². The number of hydrogen-bond donors (Lipinski definition) is 2. The van der Waals surface area contributed by atoms with Crippen LogP contribution in [0.3, 0.4) is 0 Å². The van der Waals surface area contributed by atoms with Crippen molar-refractivity contribution in [1.29, 1.82) is 0 Å². The third kappa shape index (κ3) is 9.14. The third-order valence-electron chi connectivity index (χ3n) is 3.19. The minimum absolute atomic E-state index is 0.642. The number of aliphatic imine (C=N–C) groups is 1. The van der Waals surface area contributed by atoms with Gasteiger partial charge in [0, 0.05) is 46.3 Å². The Morgan fingerprint density at radius 3 is 2.83 bits per heavy atom. The second-order valence-corrected chi connectivity index (χ2v) is 5.32. The molecular formula is C15H30N6O2. The van der Waals surface area contributed by atoms with Crippen molar-refractivity contribution in [1.82, 2.24) is 25.7 Å². The van der Waals surface area contributed by atoms with Crippen molar-refractivity contribution in [3.8, 4) is 0 Å². The van der Waals surface area contributed by atoms with Crippen LogP contribution in [0.1, 0.15) is 25.1 Å². The average molecular weight is 326 g/mol. The SMILES string of the molecule is CCNC(=NCCN(C)CCCOC)NCCc1nc(C)no1. The van der Waals surface area contributed by atoms with E-state index in [-0.39, 0.29) is 0 Å².